The van der Waals surface area contributed by atoms with Crippen LogP contribution >= 0.6 is 0 Å². The van der Waals surface area contributed by atoms with E-state index in [2.05, 4.69) is 23.2 Å². The number of nitrogens with zero attached hydrogens (tertiary/aromatic N) is 1. The molecule has 2 aliphatic heterocycles. The molecule has 2 unspecified atom stereocenters. The summed E-state index contributed by atoms with van der Waals surface area (Å²) in [7, 11) is 1.71. The minimum atomic E-state index is 0.362. The van der Waals surface area contributed by atoms with Gasteiger partial charge in [0.1, 0.15) is 11.5 Å². The predicted molar refractivity (Wildman–Crippen MR) is 84.1 cm³/mol. The van der Waals surface area contributed by atoms with Gasteiger partial charge < -0.3 is 19.7 Å². The van der Waals surface area contributed by atoms with E-state index in [9.17, 15) is 0 Å². The van der Waals surface area contributed by atoms with E-state index >= 15 is 0 Å². The second kappa shape index (κ2) is 6.67. The van der Waals surface area contributed by atoms with E-state index in [4.69, 9.17) is 9.47 Å². The van der Waals surface area contributed by atoms with Gasteiger partial charge in [-0.2, -0.15) is 0 Å². The van der Waals surface area contributed by atoms with Crippen LogP contribution < -0.4 is 14.8 Å². The molecule has 116 valence electrons. The van der Waals surface area contributed by atoms with Crippen molar-refractivity contribution in [1.29, 1.82) is 0 Å². The number of fused-ring (bicyclic) bond motifs is 1. The highest BCUT2D eigenvalue weighted by atomic mass is 16.5. The SMILES string of the molecule is COc1ccc2c(c1)C(NC(C)CN1CCCC1)CCO2. The van der Waals surface area contributed by atoms with E-state index in [1.807, 2.05) is 12.1 Å². The first-order valence-electron chi connectivity index (χ1n) is 8.05. The highest BCUT2D eigenvalue weighted by Gasteiger charge is 2.24. The highest BCUT2D eigenvalue weighted by Crippen LogP contribution is 2.35. The zero-order valence-corrected chi connectivity index (χ0v) is 13.1. The van der Waals surface area contributed by atoms with Gasteiger partial charge in [-0.15, -0.1) is 0 Å². The van der Waals surface area contributed by atoms with Gasteiger partial charge in [-0.3, -0.25) is 0 Å². The Morgan fingerprint density at radius 1 is 1.38 bits per heavy atom. The van der Waals surface area contributed by atoms with Gasteiger partial charge in [0.15, 0.2) is 0 Å². The van der Waals surface area contributed by atoms with Crippen LogP contribution in [0.3, 0.4) is 0 Å². The fraction of sp³-hybridized carbons (Fsp3) is 0.647. The van der Waals surface area contributed by atoms with Crippen molar-refractivity contribution in [2.24, 2.45) is 0 Å². The molecule has 2 aliphatic rings. The second-order valence-corrected chi connectivity index (χ2v) is 6.17. The lowest BCUT2D eigenvalue weighted by molar-refractivity contribution is 0.229. The van der Waals surface area contributed by atoms with Crippen LogP contribution in [0.15, 0.2) is 18.2 Å². The number of hydrogen-bond donors (Lipinski definition) is 1. The van der Waals surface area contributed by atoms with Gasteiger partial charge in [0.25, 0.3) is 0 Å². The molecule has 4 heteroatoms. The molecule has 0 aliphatic carbocycles. The maximum absolute atomic E-state index is 5.76. The molecule has 1 aromatic rings. The van der Waals surface area contributed by atoms with Crippen molar-refractivity contribution in [3.05, 3.63) is 23.8 Å². The van der Waals surface area contributed by atoms with Gasteiger partial charge in [-0.1, -0.05) is 0 Å². The molecule has 3 rings (SSSR count). The second-order valence-electron chi connectivity index (χ2n) is 6.17. The molecule has 0 saturated carbocycles. The molecule has 0 aromatic heterocycles. The van der Waals surface area contributed by atoms with Gasteiger partial charge in [-0.25, -0.2) is 0 Å². The van der Waals surface area contributed by atoms with Crippen LogP contribution in [0.4, 0.5) is 0 Å². The van der Waals surface area contributed by atoms with E-state index in [0.717, 1.165) is 31.1 Å². The van der Waals surface area contributed by atoms with Crippen molar-refractivity contribution >= 4 is 0 Å². The fourth-order valence-corrected chi connectivity index (χ4v) is 3.42. The van der Waals surface area contributed by atoms with E-state index in [1.165, 1.54) is 31.5 Å². The molecule has 0 radical (unpaired) electrons. The van der Waals surface area contributed by atoms with E-state index in [0.29, 0.717) is 12.1 Å². The molecule has 1 aromatic carbocycles. The fourth-order valence-electron chi connectivity index (χ4n) is 3.42. The van der Waals surface area contributed by atoms with Gasteiger partial charge in [0.05, 0.1) is 13.7 Å². The van der Waals surface area contributed by atoms with Crippen LogP contribution in [0.5, 0.6) is 11.5 Å². The summed E-state index contributed by atoms with van der Waals surface area (Å²) < 4.78 is 11.1. The van der Waals surface area contributed by atoms with Crippen molar-refractivity contribution in [3.8, 4) is 11.5 Å². The topological polar surface area (TPSA) is 33.7 Å². The molecular formula is C17H26N2O2. The first-order valence-corrected chi connectivity index (χ1v) is 8.05. The Bertz CT molecular complexity index is 472. The maximum atomic E-state index is 5.76. The minimum absolute atomic E-state index is 0.362. The van der Waals surface area contributed by atoms with Crippen LogP contribution in [-0.2, 0) is 0 Å². The predicted octanol–water partition coefficient (Wildman–Crippen LogP) is 2.59. The van der Waals surface area contributed by atoms with Gasteiger partial charge >= 0.3 is 0 Å². The van der Waals surface area contributed by atoms with Crippen molar-refractivity contribution < 1.29 is 9.47 Å². The minimum Gasteiger partial charge on any atom is -0.497 e. The molecule has 0 spiro atoms. The Labute approximate surface area is 127 Å². The summed E-state index contributed by atoms with van der Waals surface area (Å²) in [6.45, 7) is 6.71. The highest BCUT2D eigenvalue weighted by molar-refractivity contribution is 5.43. The molecule has 2 heterocycles. The van der Waals surface area contributed by atoms with Gasteiger partial charge in [0, 0.05) is 30.6 Å². The third kappa shape index (κ3) is 3.50. The van der Waals surface area contributed by atoms with Crippen LogP contribution in [0.1, 0.15) is 37.8 Å². The number of benzene rings is 1. The Balaban J connectivity index is 1.66. The molecule has 0 bridgehead atoms. The normalized spacial score (nSPS) is 23.4. The molecule has 21 heavy (non-hydrogen) atoms. The molecule has 0 amide bonds. The number of hydrogen-bond acceptors (Lipinski definition) is 4. The number of methoxy groups -OCH3 is 1. The zero-order valence-electron chi connectivity index (χ0n) is 13.1. The summed E-state index contributed by atoms with van der Waals surface area (Å²) in [5, 5.41) is 3.78. The smallest absolute Gasteiger partial charge is 0.124 e. The van der Waals surface area contributed by atoms with E-state index in [-0.39, 0.29) is 0 Å². The molecule has 2 atom stereocenters. The first kappa shape index (κ1) is 14.7. The standard InChI is InChI=1S/C17H26N2O2/c1-13(12-19-8-3-4-9-19)18-16-7-10-21-17-6-5-14(20-2)11-15(16)17/h5-6,11,13,16,18H,3-4,7-10,12H2,1-2H3. The third-order valence-electron chi connectivity index (χ3n) is 4.47. The maximum Gasteiger partial charge on any atom is 0.124 e. The average Bonchev–Trinajstić information content (AvgIpc) is 3.00. The van der Waals surface area contributed by atoms with Crippen molar-refractivity contribution in [3.63, 3.8) is 0 Å². The van der Waals surface area contributed by atoms with Crippen molar-refractivity contribution in [2.45, 2.75) is 38.3 Å². The lowest BCUT2D eigenvalue weighted by Crippen LogP contribution is -2.41. The lowest BCUT2D eigenvalue weighted by Gasteiger charge is -2.31. The Morgan fingerprint density at radius 3 is 2.95 bits per heavy atom. The monoisotopic (exact) mass is 290 g/mol. The summed E-state index contributed by atoms with van der Waals surface area (Å²) in [6, 6.07) is 6.95. The Hall–Kier alpha value is -1.26. The summed E-state index contributed by atoms with van der Waals surface area (Å²) in [5.41, 5.74) is 1.23. The summed E-state index contributed by atoms with van der Waals surface area (Å²) in [4.78, 5) is 2.56. The molecular weight excluding hydrogens is 264 g/mol. The quantitative estimate of drug-likeness (QED) is 0.904. The van der Waals surface area contributed by atoms with E-state index in [1.54, 1.807) is 7.11 Å². The van der Waals surface area contributed by atoms with Crippen molar-refractivity contribution in [1.82, 2.24) is 10.2 Å². The summed E-state index contributed by atoms with van der Waals surface area (Å²) in [6.07, 6.45) is 3.72. The van der Waals surface area contributed by atoms with Gasteiger partial charge in [-0.05, 0) is 51.1 Å². The van der Waals surface area contributed by atoms with Crippen LogP contribution in [0.25, 0.3) is 0 Å². The Morgan fingerprint density at radius 2 is 2.19 bits per heavy atom. The first-order chi connectivity index (χ1) is 10.3. The average molecular weight is 290 g/mol. The van der Waals surface area contributed by atoms with Gasteiger partial charge in [0.2, 0.25) is 0 Å². The number of ether oxygens (including phenoxy) is 2. The molecule has 1 N–H and O–H groups in total. The zero-order chi connectivity index (χ0) is 14.7. The molecule has 4 nitrogen and oxygen atoms in total. The largest absolute Gasteiger partial charge is 0.497 e. The lowest BCUT2D eigenvalue weighted by atomic mass is 9.99. The van der Waals surface area contributed by atoms with Crippen LogP contribution in [-0.4, -0.2) is 44.3 Å². The number of nitrogens with one attached hydrogen (secondary N) is 1. The summed E-state index contributed by atoms with van der Waals surface area (Å²) in [5.74, 6) is 1.89. The summed E-state index contributed by atoms with van der Waals surface area (Å²) >= 11 is 0. The van der Waals surface area contributed by atoms with E-state index < -0.39 is 0 Å². The number of rotatable bonds is 5. The third-order valence-corrected chi connectivity index (χ3v) is 4.47. The molecule has 1 fully saturated rings. The Kier molecular flexibility index (Phi) is 4.66. The van der Waals surface area contributed by atoms with Crippen LogP contribution in [0, 0.1) is 0 Å². The van der Waals surface area contributed by atoms with Crippen LogP contribution in [0.2, 0.25) is 0 Å². The number of likely N-dealkylation sites (tertiary alicyclic amines) is 1. The van der Waals surface area contributed by atoms with Crippen molar-refractivity contribution in [2.75, 3.05) is 33.4 Å². The molecule has 1 saturated heterocycles.